The maximum Gasteiger partial charge on any atom is 0.308 e. The quantitative estimate of drug-likeness (QED) is 0.903. The lowest BCUT2D eigenvalue weighted by Gasteiger charge is -2.37. The van der Waals surface area contributed by atoms with Gasteiger partial charge in [0.05, 0.1) is 22.2 Å². The Morgan fingerprint density at radius 2 is 2.26 bits per heavy atom. The number of aliphatic carboxylic acids is 1. The molecule has 0 aromatic heterocycles. The van der Waals surface area contributed by atoms with Crippen molar-refractivity contribution in [1.29, 1.82) is 5.26 Å². The molecule has 4 nitrogen and oxygen atoms in total. The zero-order chi connectivity index (χ0) is 14.0. The second-order valence-corrected chi connectivity index (χ2v) is 5.44. The summed E-state index contributed by atoms with van der Waals surface area (Å²) in [5, 5.41) is 18.9. The lowest BCUT2D eigenvalue weighted by Crippen LogP contribution is -2.43. The zero-order valence-corrected chi connectivity index (χ0v) is 11.4. The first-order valence-corrected chi connectivity index (χ1v) is 6.57. The highest BCUT2D eigenvalue weighted by atomic mass is 35.5. The molecule has 1 aliphatic rings. The number of anilines is 1. The van der Waals surface area contributed by atoms with Gasteiger partial charge in [-0.2, -0.15) is 5.26 Å². The molecule has 2 unspecified atom stereocenters. The predicted octanol–water partition coefficient (Wildman–Crippen LogP) is 2.76. The van der Waals surface area contributed by atoms with Crippen LogP contribution in [0.1, 0.15) is 18.9 Å². The minimum Gasteiger partial charge on any atom is -0.481 e. The van der Waals surface area contributed by atoms with Crippen LogP contribution in [0.3, 0.4) is 0 Å². The Morgan fingerprint density at radius 1 is 1.53 bits per heavy atom. The van der Waals surface area contributed by atoms with E-state index < -0.39 is 11.9 Å². The average molecular weight is 279 g/mol. The number of piperidine rings is 1. The summed E-state index contributed by atoms with van der Waals surface area (Å²) in [6.45, 7) is 3.14. The van der Waals surface area contributed by atoms with E-state index in [-0.39, 0.29) is 5.92 Å². The smallest absolute Gasteiger partial charge is 0.308 e. The Kier molecular flexibility index (Phi) is 3.96. The normalized spacial score (nSPS) is 22.9. The van der Waals surface area contributed by atoms with Gasteiger partial charge in [0.25, 0.3) is 0 Å². The Morgan fingerprint density at radius 3 is 2.89 bits per heavy atom. The van der Waals surface area contributed by atoms with Crippen LogP contribution in [0.4, 0.5) is 5.69 Å². The van der Waals surface area contributed by atoms with E-state index in [1.807, 2.05) is 11.8 Å². The molecule has 1 aliphatic heterocycles. The Balaban J connectivity index is 2.36. The van der Waals surface area contributed by atoms with Gasteiger partial charge in [0, 0.05) is 13.1 Å². The highest BCUT2D eigenvalue weighted by molar-refractivity contribution is 6.33. The molecule has 100 valence electrons. The number of benzene rings is 1. The van der Waals surface area contributed by atoms with E-state index in [9.17, 15) is 9.90 Å². The number of carbonyl (C=O) groups is 1. The Hall–Kier alpha value is -1.73. The number of nitriles is 1. The number of nitrogens with zero attached hydrogens (tertiary/aromatic N) is 2. The van der Waals surface area contributed by atoms with Gasteiger partial charge in [-0.05, 0) is 24.5 Å². The van der Waals surface area contributed by atoms with Crippen molar-refractivity contribution < 1.29 is 9.90 Å². The minimum atomic E-state index is -0.790. The summed E-state index contributed by atoms with van der Waals surface area (Å²) in [7, 11) is 0. The van der Waals surface area contributed by atoms with E-state index in [1.54, 1.807) is 18.2 Å². The lowest BCUT2D eigenvalue weighted by atomic mass is 9.90. The standard InChI is InChI=1S/C14H15ClN2O2/c1-9-5-11(14(18)19)8-17(7-9)13-10(6-16)3-2-4-12(13)15/h2-4,9,11H,5,7-8H2,1H3,(H,18,19). The van der Waals surface area contributed by atoms with Gasteiger partial charge in [0.15, 0.2) is 0 Å². The Labute approximate surface area is 117 Å². The first kappa shape index (κ1) is 13.7. The lowest BCUT2D eigenvalue weighted by molar-refractivity contribution is -0.142. The van der Waals surface area contributed by atoms with Crippen LogP contribution in [-0.4, -0.2) is 24.2 Å². The predicted molar refractivity (Wildman–Crippen MR) is 73.3 cm³/mol. The van der Waals surface area contributed by atoms with E-state index in [2.05, 4.69) is 6.07 Å². The summed E-state index contributed by atoms with van der Waals surface area (Å²) in [6, 6.07) is 7.28. The fourth-order valence-corrected chi connectivity index (χ4v) is 2.93. The molecule has 2 rings (SSSR count). The van der Waals surface area contributed by atoms with Crippen LogP contribution < -0.4 is 4.90 Å². The number of carboxylic acids is 1. The van der Waals surface area contributed by atoms with Gasteiger partial charge in [0.1, 0.15) is 6.07 Å². The van der Waals surface area contributed by atoms with E-state index in [1.165, 1.54) is 0 Å². The van der Waals surface area contributed by atoms with Crippen molar-refractivity contribution in [3.63, 3.8) is 0 Å². The third-order valence-electron chi connectivity index (χ3n) is 3.43. The number of rotatable bonds is 2. The maximum atomic E-state index is 11.2. The molecule has 19 heavy (non-hydrogen) atoms. The minimum absolute atomic E-state index is 0.262. The van der Waals surface area contributed by atoms with Gasteiger partial charge in [-0.3, -0.25) is 4.79 Å². The number of hydrogen-bond donors (Lipinski definition) is 1. The summed E-state index contributed by atoms with van der Waals surface area (Å²) in [6.07, 6.45) is 0.665. The fraction of sp³-hybridized carbons (Fsp3) is 0.429. The van der Waals surface area contributed by atoms with Crippen molar-refractivity contribution in [2.45, 2.75) is 13.3 Å². The largest absolute Gasteiger partial charge is 0.481 e. The van der Waals surface area contributed by atoms with E-state index in [0.717, 1.165) is 6.54 Å². The molecule has 2 atom stereocenters. The molecule has 0 amide bonds. The van der Waals surface area contributed by atoms with Gasteiger partial charge >= 0.3 is 5.97 Å². The first-order valence-electron chi connectivity index (χ1n) is 6.19. The molecule has 0 spiro atoms. The second kappa shape index (κ2) is 5.50. The van der Waals surface area contributed by atoms with Crippen molar-refractivity contribution in [1.82, 2.24) is 0 Å². The van der Waals surface area contributed by atoms with Crippen LogP contribution in [0.15, 0.2) is 18.2 Å². The maximum absolute atomic E-state index is 11.2. The van der Waals surface area contributed by atoms with Crippen molar-refractivity contribution in [3.8, 4) is 6.07 Å². The number of para-hydroxylation sites is 1. The number of halogens is 1. The second-order valence-electron chi connectivity index (χ2n) is 5.03. The molecule has 0 saturated carbocycles. The van der Waals surface area contributed by atoms with E-state index in [0.29, 0.717) is 29.2 Å². The van der Waals surface area contributed by atoms with Crippen LogP contribution in [0, 0.1) is 23.2 Å². The third-order valence-corrected chi connectivity index (χ3v) is 3.74. The number of carboxylic acid groups (broad SMARTS) is 1. The molecular weight excluding hydrogens is 264 g/mol. The van der Waals surface area contributed by atoms with Gasteiger partial charge in [-0.25, -0.2) is 0 Å². The van der Waals surface area contributed by atoms with Gasteiger partial charge < -0.3 is 10.0 Å². The number of hydrogen-bond acceptors (Lipinski definition) is 3. The molecule has 0 aliphatic carbocycles. The molecular formula is C14H15ClN2O2. The highest BCUT2D eigenvalue weighted by Crippen LogP contribution is 2.34. The van der Waals surface area contributed by atoms with E-state index >= 15 is 0 Å². The Bertz CT molecular complexity index is 539. The van der Waals surface area contributed by atoms with Crippen LogP contribution in [0.2, 0.25) is 5.02 Å². The van der Waals surface area contributed by atoms with E-state index in [4.69, 9.17) is 16.9 Å². The van der Waals surface area contributed by atoms with Gasteiger partial charge in [-0.15, -0.1) is 0 Å². The summed E-state index contributed by atoms with van der Waals surface area (Å²) in [4.78, 5) is 13.1. The van der Waals surface area contributed by atoms with Crippen LogP contribution in [-0.2, 0) is 4.79 Å². The van der Waals surface area contributed by atoms with Gasteiger partial charge in [0.2, 0.25) is 0 Å². The van der Waals surface area contributed by atoms with Crippen molar-refractivity contribution in [2.24, 2.45) is 11.8 Å². The van der Waals surface area contributed by atoms with Crippen molar-refractivity contribution >= 4 is 23.3 Å². The SMILES string of the molecule is CC1CC(C(=O)O)CN(c2c(Cl)cccc2C#N)C1. The van der Waals surface area contributed by atoms with Crippen LogP contribution in [0.25, 0.3) is 0 Å². The molecule has 1 aromatic carbocycles. The molecule has 1 N–H and O–H groups in total. The molecule has 1 aromatic rings. The highest BCUT2D eigenvalue weighted by Gasteiger charge is 2.31. The van der Waals surface area contributed by atoms with Crippen molar-refractivity contribution in [3.05, 3.63) is 28.8 Å². The summed E-state index contributed by atoms with van der Waals surface area (Å²) in [5.41, 5.74) is 1.15. The van der Waals surface area contributed by atoms with Crippen molar-refractivity contribution in [2.75, 3.05) is 18.0 Å². The molecule has 0 bridgehead atoms. The molecule has 1 heterocycles. The van der Waals surface area contributed by atoms with Gasteiger partial charge in [-0.1, -0.05) is 24.6 Å². The summed E-state index contributed by atoms with van der Waals surface area (Å²) in [5.74, 6) is -0.939. The summed E-state index contributed by atoms with van der Waals surface area (Å²) >= 11 is 6.18. The summed E-state index contributed by atoms with van der Waals surface area (Å²) < 4.78 is 0. The zero-order valence-electron chi connectivity index (χ0n) is 10.6. The van der Waals surface area contributed by atoms with Crippen LogP contribution >= 0.6 is 11.6 Å². The third kappa shape index (κ3) is 2.82. The molecule has 1 saturated heterocycles. The molecule has 5 heteroatoms. The average Bonchev–Trinajstić information content (AvgIpc) is 2.37. The molecule has 0 radical (unpaired) electrons. The van der Waals surface area contributed by atoms with Crippen LogP contribution in [0.5, 0.6) is 0 Å². The molecule has 1 fully saturated rings. The fourth-order valence-electron chi connectivity index (χ4n) is 2.64. The monoisotopic (exact) mass is 278 g/mol. The first-order chi connectivity index (χ1) is 9.02. The topological polar surface area (TPSA) is 64.3 Å².